The van der Waals surface area contributed by atoms with Crippen LogP contribution in [-0.4, -0.2) is 22.4 Å². The minimum atomic E-state index is -0.853. The highest BCUT2D eigenvalue weighted by atomic mass is 35.5. The molecule has 2 aliphatic heterocycles. The molecule has 1 spiro atoms. The Morgan fingerprint density at radius 1 is 1.19 bits per heavy atom. The number of hydrogen-bond donors (Lipinski definition) is 3. The van der Waals surface area contributed by atoms with Gasteiger partial charge in [-0.25, -0.2) is 4.79 Å². The highest BCUT2D eigenvalue weighted by Crippen LogP contribution is 2.49. The van der Waals surface area contributed by atoms with Crippen molar-refractivity contribution in [3.63, 3.8) is 0 Å². The Morgan fingerprint density at radius 3 is 2.56 bits per heavy atom. The number of phenolic OH excluding ortho intramolecular Hbond substituents is 1. The Bertz CT molecular complexity index is 910. The molecule has 0 saturated carbocycles. The first kappa shape index (κ1) is 18.0. The molecule has 27 heavy (non-hydrogen) atoms. The first-order valence-electron chi connectivity index (χ1n) is 9.05. The predicted molar refractivity (Wildman–Crippen MR) is 104 cm³/mol. The Kier molecular flexibility index (Phi) is 4.04. The molecule has 6 heteroatoms. The number of carbonyl (C=O) groups is 1. The summed E-state index contributed by atoms with van der Waals surface area (Å²) in [6.45, 7) is 6.01. The van der Waals surface area contributed by atoms with Crippen LogP contribution in [0.5, 0.6) is 11.5 Å². The fourth-order valence-electron chi connectivity index (χ4n) is 4.24. The topological polar surface area (TPSA) is 70.6 Å². The normalized spacial score (nSPS) is 25.9. The summed E-state index contributed by atoms with van der Waals surface area (Å²) in [5.41, 5.74) is 1.95. The molecule has 2 aromatic rings. The molecule has 0 unspecified atom stereocenters. The molecule has 3 N–H and O–H groups in total. The molecule has 142 valence electrons. The maximum atomic E-state index is 12.3. The summed E-state index contributed by atoms with van der Waals surface area (Å²) >= 11 is 6.18. The number of hydrogen-bond acceptors (Lipinski definition) is 3. The first-order chi connectivity index (χ1) is 12.7. The average molecular weight is 387 g/mol. The SMILES string of the molecule is Cc1ccc([C@@H]2C[C@]3(CC(C)(C)NC(=O)N3)Oc3cc(O)c(Cl)cc32)cc1. The van der Waals surface area contributed by atoms with Crippen LogP contribution in [0.3, 0.4) is 0 Å². The average Bonchev–Trinajstić information content (AvgIpc) is 2.54. The molecule has 4 rings (SSSR count). The van der Waals surface area contributed by atoms with Gasteiger partial charge >= 0.3 is 6.03 Å². The monoisotopic (exact) mass is 386 g/mol. The Hall–Kier alpha value is -2.40. The number of carbonyl (C=O) groups excluding carboxylic acids is 1. The van der Waals surface area contributed by atoms with Gasteiger partial charge in [-0.1, -0.05) is 41.4 Å². The van der Waals surface area contributed by atoms with Crippen molar-refractivity contribution in [2.75, 3.05) is 0 Å². The molecular weight excluding hydrogens is 364 g/mol. The summed E-state index contributed by atoms with van der Waals surface area (Å²) in [4.78, 5) is 12.3. The van der Waals surface area contributed by atoms with Crippen molar-refractivity contribution in [1.29, 1.82) is 0 Å². The predicted octanol–water partition coefficient (Wildman–Crippen LogP) is 4.45. The minimum absolute atomic E-state index is 0.0124. The summed E-state index contributed by atoms with van der Waals surface area (Å²) in [7, 11) is 0. The van der Waals surface area contributed by atoms with E-state index in [1.54, 1.807) is 12.1 Å². The van der Waals surface area contributed by atoms with Crippen molar-refractivity contribution in [2.24, 2.45) is 0 Å². The van der Waals surface area contributed by atoms with Gasteiger partial charge in [0.1, 0.15) is 11.5 Å². The molecule has 1 fully saturated rings. The molecule has 2 aliphatic rings. The first-order valence-corrected chi connectivity index (χ1v) is 9.43. The zero-order valence-electron chi connectivity index (χ0n) is 15.6. The van der Waals surface area contributed by atoms with Gasteiger partial charge in [0.25, 0.3) is 0 Å². The fourth-order valence-corrected chi connectivity index (χ4v) is 4.41. The number of halogens is 1. The Labute approximate surface area is 163 Å². The molecule has 0 aromatic heterocycles. The number of aromatic hydroxyl groups is 1. The molecule has 2 heterocycles. The van der Waals surface area contributed by atoms with Crippen molar-refractivity contribution in [3.05, 3.63) is 58.1 Å². The maximum absolute atomic E-state index is 12.3. The van der Waals surface area contributed by atoms with E-state index in [2.05, 4.69) is 34.9 Å². The highest BCUT2D eigenvalue weighted by Gasteiger charge is 2.49. The molecule has 2 amide bonds. The van der Waals surface area contributed by atoms with E-state index in [0.29, 0.717) is 23.6 Å². The minimum Gasteiger partial charge on any atom is -0.506 e. The van der Waals surface area contributed by atoms with E-state index in [0.717, 1.165) is 11.1 Å². The van der Waals surface area contributed by atoms with Gasteiger partial charge < -0.3 is 20.5 Å². The molecule has 5 nitrogen and oxygen atoms in total. The lowest BCUT2D eigenvalue weighted by atomic mass is 9.77. The van der Waals surface area contributed by atoms with Crippen LogP contribution in [0.4, 0.5) is 4.79 Å². The van der Waals surface area contributed by atoms with Gasteiger partial charge in [-0.15, -0.1) is 0 Å². The summed E-state index contributed by atoms with van der Waals surface area (Å²) in [6.07, 6.45) is 1.18. The Balaban J connectivity index is 1.84. The molecule has 2 aromatic carbocycles. The van der Waals surface area contributed by atoms with E-state index in [1.165, 1.54) is 5.56 Å². The van der Waals surface area contributed by atoms with Crippen molar-refractivity contribution >= 4 is 17.6 Å². The van der Waals surface area contributed by atoms with Crippen LogP contribution in [0, 0.1) is 6.92 Å². The van der Waals surface area contributed by atoms with Gasteiger partial charge in [-0.3, -0.25) is 0 Å². The zero-order chi connectivity index (χ0) is 19.4. The van der Waals surface area contributed by atoms with Gasteiger partial charge in [-0.2, -0.15) is 0 Å². The lowest BCUT2D eigenvalue weighted by molar-refractivity contribution is -0.0236. The molecule has 1 saturated heterocycles. The highest BCUT2D eigenvalue weighted by molar-refractivity contribution is 6.32. The van der Waals surface area contributed by atoms with Crippen LogP contribution < -0.4 is 15.4 Å². The van der Waals surface area contributed by atoms with Crippen LogP contribution in [0.2, 0.25) is 5.02 Å². The molecule has 2 atom stereocenters. The van der Waals surface area contributed by atoms with Crippen molar-refractivity contribution in [2.45, 2.75) is 50.8 Å². The number of aryl methyl sites for hydroxylation is 1. The standard InChI is InChI=1S/C21H23ClN2O3/c1-12-4-6-13(7-5-12)15-10-21(11-20(2,3)23-19(26)24-21)27-18-9-17(25)16(22)8-14(15)18/h4-9,15,25H,10-11H2,1-3H3,(H2,23,24,26)/t15-,21+/m0/s1. The summed E-state index contributed by atoms with van der Waals surface area (Å²) < 4.78 is 6.29. The van der Waals surface area contributed by atoms with Crippen molar-refractivity contribution in [1.82, 2.24) is 10.6 Å². The molecule has 0 bridgehead atoms. The summed E-state index contributed by atoms with van der Waals surface area (Å²) in [6, 6.07) is 11.4. The van der Waals surface area contributed by atoms with E-state index in [-0.39, 0.29) is 17.7 Å². The molecule has 0 radical (unpaired) electrons. The number of fused-ring (bicyclic) bond motifs is 1. The number of phenols is 1. The molecular formula is C21H23ClN2O3. The van der Waals surface area contributed by atoms with Crippen LogP contribution in [-0.2, 0) is 0 Å². The summed E-state index contributed by atoms with van der Waals surface area (Å²) in [5.74, 6) is 0.503. The third kappa shape index (κ3) is 3.32. The number of nitrogens with one attached hydrogen (secondary N) is 2. The molecule has 0 aliphatic carbocycles. The maximum Gasteiger partial charge on any atom is 0.318 e. The number of benzene rings is 2. The van der Waals surface area contributed by atoms with Crippen LogP contribution in [0.1, 0.15) is 49.3 Å². The second kappa shape index (κ2) is 6.06. The summed E-state index contributed by atoms with van der Waals surface area (Å²) in [5, 5.41) is 16.3. The second-order valence-electron chi connectivity index (χ2n) is 8.24. The third-order valence-electron chi connectivity index (χ3n) is 5.29. The lowest BCUT2D eigenvalue weighted by Gasteiger charge is -2.49. The lowest BCUT2D eigenvalue weighted by Crippen LogP contribution is -2.69. The van der Waals surface area contributed by atoms with Crippen molar-refractivity contribution < 1.29 is 14.6 Å². The van der Waals surface area contributed by atoms with E-state index in [1.807, 2.05) is 20.8 Å². The van der Waals surface area contributed by atoms with E-state index < -0.39 is 11.3 Å². The number of ether oxygens (including phenoxy) is 1. The zero-order valence-corrected chi connectivity index (χ0v) is 16.4. The fraction of sp³-hybridized carbons (Fsp3) is 0.381. The van der Waals surface area contributed by atoms with Gasteiger partial charge in [0, 0.05) is 35.9 Å². The van der Waals surface area contributed by atoms with Crippen molar-refractivity contribution in [3.8, 4) is 11.5 Å². The number of urea groups is 1. The van der Waals surface area contributed by atoms with Gasteiger partial charge in [0.15, 0.2) is 5.72 Å². The Morgan fingerprint density at radius 2 is 1.89 bits per heavy atom. The van der Waals surface area contributed by atoms with E-state index in [4.69, 9.17) is 16.3 Å². The van der Waals surface area contributed by atoms with Gasteiger partial charge in [0.05, 0.1) is 5.02 Å². The van der Waals surface area contributed by atoms with E-state index >= 15 is 0 Å². The smallest absolute Gasteiger partial charge is 0.318 e. The van der Waals surface area contributed by atoms with Crippen LogP contribution >= 0.6 is 11.6 Å². The van der Waals surface area contributed by atoms with Crippen LogP contribution in [0.25, 0.3) is 0 Å². The quantitative estimate of drug-likeness (QED) is 0.678. The third-order valence-corrected chi connectivity index (χ3v) is 5.60. The number of rotatable bonds is 1. The largest absolute Gasteiger partial charge is 0.506 e. The number of amides is 2. The second-order valence-corrected chi connectivity index (χ2v) is 8.65. The van der Waals surface area contributed by atoms with Crippen LogP contribution in [0.15, 0.2) is 36.4 Å². The van der Waals surface area contributed by atoms with Gasteiger partial charge in [-0.05, 0) is 32.4 Å². The van der Waals surface area contributed by atoms with Gasteiger partial charge in [0.2, 0.25) is 0 Å². The van der Waals surface area contributed by atoms with E-state index in [9.17, 15) is 9.90 Å².